The third kappa shape index (κ3) is 3.69. The summed E-state index contributed by atoms with van der Waals surface area (Å²) in [5, 5.41) is 0. The second kappa shape index (κ2) is 7.23. The maximum absolute atomic E-state index is 10.9. The van der Waals surface area contributed by atoms with Crippen LogP contribution in [0.5, 0.6) is 11.5 Å². The molecule has 0 aliphatic heterocycles. The van der Waals surface area contributed by atoms with E-state index in [2.05, 4.69) is 27.6 Å². The molecule has 0 bridgehead atoms. The Morgan fingerprint density at radius 2 is 2.15 bits per heavy atom. The summed E-state index contributed by atoms with van der Waals surface area (Å²) in [5.74, 6) is 1.22. The molecule has 2 aromatic rings. The first-order valence-corrected chi connectivity index (χ1v) is 7.26. The van der Waals surface area contributed by atoms with Crippen molar-refractivity contribution in [1.29, 1.82) is 0 Å². The van der Waals surface area contributed by atoms with Crippen LogP contribution >= 0.6 is 22.6 Å². The molecular weight excluding hydrogens is 369 g/mol. The predicted octanol–water partition coefficient (Wildman–Crippen LogP) is 3.48. The van der Waals surface area contributed by atoms with Crippen LogP contribution in [0.1, 0.15) is 23.0 Å². The van der Waals surface area contributed by atoms with Gasteiger partial charge < -0.3 is 9.47 Å². The van der Waals surface area contributed by atoms with Crippen molar-refractivity contribution in [1.82, 2.24) is 4.98 Å². The van der Waals surface area contributed by atoms with Crippen LogP contribution in [0.4, 0.5) is 0 Å². The van der Waals surface area contributed by atoms with Gasteiger partial charge in [0.25, 0.3) is 0 Å². The van der Waals surface area contributed by atoms with E-state index < -0.39 is 0 Å². The number of rotatable bonds is 6. The first kappa shape index (κ1) is 14.8. The minimum absolute atomic E-state index is 0.358. The number of halogens is 1. The van der Waals surface area contributed by atoms with Crippen LogP contribution in [0, 0.1) is 3.57 Å². The molecular formula is C15H14INO3. The summed E-state index contributed by atoms with van der Waals surface area (Å²) in [6, 6.07) is 9.12. The monoisotopic (exact) mass is 383 g/mol. The molecule has 0 amide bonds. The second-order valence-corrected chi connectivity index (χ2v) is 5.15. The molecule has 2 rings (SSSR count). The zero-order valence-corrected chi connectivity index (χ0v) is 13.2. The molecule has 0 saturated carbocycles. The molecule has 1 aromatic carbocycles. The lowest BCUT2D eigenvalue weighted by atomic mass is 10.2. The molecule has 0 fully saturated rings. The summed E-state index contributed by atoms with van der Waals surface area (Å²) in [6.07, 6.45) is 2.52. The molecule has 1 aromatic heterocycles. The molecule has 0 saturated heterocycles. The third-order valence-corrected chi connectivity index (χ3v) is 3.36. The molecule has 4 nitrogen and oxygen atoms in total. The Morgan fingerprint density at radius 3 is 2.80 bits per heavy atom. The Hall–Kier alpha value is -1.63. The number of pyridine rings is 1. The van der Waals surface area contributed by atoms with Crippen molar-refractivity contribution in [3.8, 4) is 11.5 Å². The van der Waals surface area contributed by atoms with Crippen molar-refractivity contribution in [2.45, 2.75) is 13.5 Å². The van der Waals surface area contributed by atoms with Gasteiger partial charge in [-0.15, -0.1) is 0 Å². The molecule has 20 heavy (non-hydrogen) atoms. The molecule has 0 unspecified atom stereocenters. The normalized spacial score (nSPS) is 10.1. The standard InChI is InChI=1S/C15H14INO3/c1-2-19-14-8-11(9-18)7-13(16)15(14)20-10-12-5-3-4-6-17-12/h3-9H,2,10H2,1H3. The van der Waals surface area contributed by atoms with Crippen molar-refractivity contribution in [3.05, 3.63) is 51.4 Å². The number of aldehydes is 1. The number of aromatic nitrogens is 1. The van der Waals surface area contributed by atoms with E-state index in [-0.39, 0.29) is 0 Å². The number of benzene rings is 1. The van der Waals surface area contributed by atoms with Crippen LogP contribution in [-0.2, 0) is 6.61 Å². The predicted molar refractivity (Wildman–Crippen MR) is 84.3 cm³/mol. The third-order valence-electron chi connectivity index (χ3n) is 2.56. The highest BCUT2D eigenvalue weighted by Gasteiger charge is 2.12. The Labute approximate surface area is 131 Å². The molecule has 5 heteroatoms. The largest absolute Gasteiger partial charge is 0.490 e. The molecule has 0 aliphatic carbocycles. The average molecular weight is 383 g/mol. The number of carbonyl (C=O) groups is 1. The zero-order valence-electron chi connectivity index (χ0n) is 11.0. The van der Waals surface area contributed by atoms with Gasteiger partial charge in [-0.25, -0.2) is 0 Å². The number of hydrogen-bond donors (Lipinski definition) is 0. The topological polar surface area (TPSA) is 48.4 Å². The van der Waals surface area contributed by atoms with E-state index in [1.807, 2.05) is 25.1 Å². The molecule has 0 N–H and O–H groups in total. The van der Waals surface area contributed by atoms with E-state index in [1.54, 1.807) is 18.3 Å². The van der Waals surface area contributed by atoms with Gasteiger partial charge in [0.05, 0.1) is 15.9 Å². The van der Waals surface area contributed by atoms with E-state index in [1.165, 1.54) is 0 Å². The van der Waals surface area contributed by atoms with Gasteiger partial charge in [0.2, 0.25) is 0 Å². The van der Waals surface area contributed by atoms with Gasteiger partial charge in [0.15, 0.2) is 11.5 Å². The van der Waals surface area contributed by atoms with Crippen LogP contribution in [0.25, 0.3) is 0 Å². The quantitative estimate of drug-likeness (QED) is 0.566. The fourth-order valence-electron chi connectivity index (χ4n) is 1.69. The number of hydrogen-bond acceptors (Lipinski definition) is 4. The Morgan fingerprint density at radius 1 is 1.30 bits per heavy atom. The fraction of sp³-hybridized carbons (Fsp3) is 0.200. The second-order valence-electron chi connectivity index (χ2n) is 3.99. The zero-order chi connectivity index (χ0) is 14.4. The van der Waals surface area contributed by atoms with Crippen LogP contribution in [0.3, 0.4) is 0 Å². The van der Waals surface area contributed by atoms with Gasteiger partial charge in [0.1, 0.15) is 12.9 Å². The molecule has 1 heterocycles. The van der Waals surface area contributed by atoms with Gasteiger partial charge in [-0.3, -0.25) is 9.78 Å². The molecule has 0 radical (unpaired) electrons. The van der Waals surface area contributed by atoms with Gasteiger partial charge in [-0.2, -0.15) is 0 Å². The van der Waals surface area contributed by atoms with Gasteiger partial charge >= 0.3 is 0 Å². The smallest absolute Gasteiger partial charge is 0.175 e. The van der Waals surface area contributed by atoms with E-state index >= 15 is 0 Å². The van der Waals surface area contributed by atoms with Crippen LogP contribution in [0.15, 0.2) is 36.5 Å². The highest BCUT2D eigenvalue weighted by atomic mass is 127. The minimum atomic E-state index is 0.358. The maximum atomic E-state index is 10.9. The van der Waals surface area contributed by atoms with Crippen molar-refractivity contribution >= 4 is 28.9 Å². The Bertz CT molecular complexity index is 587. The number of nitrogens with zero attached hydrogens (tertiary/aromatic N) is 1. The summed E-state index contributed by atoms with van der Waals surface area (Å²) in [5.41, 5.74) is 1.41. The van der Waals surface area contributed by atoms with Crippen LogP contribution in [-0.4, -0.2) is 17.9 Å². The molecule has 104 valence electrons. The lowest BCUT2D eigenvalue weighted by Crippen LogP contribution is -2.03. The van der Waals surface area contributed by atoms with E-state index in [9.17, 15) is 4.79 Å². The molecule has 0 aliphatic rings. The Kier molecular flexibility index (Phi) is 5.34. The summed E-state index contributed by atoms with van der Waals surface area (Å²) in [7, 11) is 0. The highest BCUT2D eigenvalue weighted by molar-refractivity contribution is 14.1. The van der Waals surface area contributed by atoms with Crippen molar-refractivity contribution < 1.29 is 14.3 Å². The Balaban J connectivity index is 2.23. The van der Waals surface area contributed by atoms with Crippen molar-refractivity contribution in [2.75, 3.05) is 6.61 Å². The first-order chi connectivity index (χ1) is 9.74. The van der Waals surface area contributed by atoms with Crippen LogP contribution in [0.2, 0.25) is 0 Å². The first-order valence-electron chi connectivity index (χ1n) is 6.18. The minimum Gasteiger partial charge on any atom is -0.490 e. The van der Waals surface area contributed by atoms with Gasteiger partial charge in [-0.05, 0) is 53.8 Å². The van der Waals surface area contributed by atoms with Crippen molar-refractivity contribution in [2.24, 2.45) is 0 Å². The van der Waals surface area contributed by atoms with Gasteiger partial charge in [-0.1, -0.05) is 6.07 Å². The summed E-state index contributed by atoms with van der Waals surface area (Å²) >= 11 is 2.13. The van der Waals surface area contributed by atoms with Crippen LogP contribution < -0.4 is 9.47 Å². The summed E-state index contributed by atoms with van der Waals surface area (Å²) in [4.78, 5) is 15.1. The average Bonchev–Trinajstić information content (AvgIpc) is 2.47. The summed E-state index contributed by atoms with van der Waals surface area (Å²) in [6.45, 7) is 2.76. The van der Waals surface area contributed by atoms with Crippen molar-refractivity contribution in [3.63, 3.8) is 0 Å². The number of ether oxygens (including phenoxy) is 2. The maximum Gasteiger partial charge on any atom is 0.175 e. The highest BCUT2D eigenvalue weighted by Crippen LogP contribution is 2.34. The summed E-state index contributed by atoms with van der Waals surface area (Å²) < 4.78 is 12.2. The van der Waals surface area contributed by atoms with E-state index in [0.29, 0.717) is 30.3 Å². The van der Waals surface area contributed by atoms with E-state index in [0.717, 1.165) is 15.6 Å². The fourth-order valence-corrected chi connectivity index (χ4v) is 2.47. The lowest BCUT2D eigenvalue weighted by Gasteiger charge is -2.14. The lowest BCUT2D eigenvalue weighted by molar-refractivity contribution is 0.112. The van der Waals surface area contributed by atoms with E-state index in [4.69, 9.17) is 9.47 Å². The SMILES string of the molecule is CCOc1cc(C=O)cc(I)c1OCc1ccccn1. The number of carbonyl (C=O) groups excluding carboxylic acids is 1. The molecule has 0 spiro atoms. The van der Waals surface area contributed by atoms with Gasteiger partial charge in [0, 0.05) is 11.8 Å². The molecule has 0 atom stereocenters.